The van der Waals surface area contributed by atoms with Crippen LogP contribution in [0.1, 0.15) is 16.8 Å². The van der Waals surface area contributed by atoms with Gasteiger partial charge in [0, 0.05) is 13.6 Å². The minimum Gasteiger partial charge on any atom is -0.504 e. The van der Waals surface area contributed by atoms with Crippen LogP contribution in [0.2, 0.25) is 0 Å². The van der Waals surface area contributed by atoms with E-state index in [1.165, 1.54) is 7.11 Å². The first kappa shape index (κ1) is 15.3. The van der Waals surface area contributed by atoms with Crippen molar-refractivity contribution in [1.82, 2.24) is 9.80 Å². The molecule has 0 aromatic heterocycles. The molecule has 1 N–H and O–H groups in total. The number of para-hydroxylation sites is 1. The van der Waals surface area contributed by atoms with Crippen molar-refractivity contribution in [3.8, 4) is 11.5 Å². The summed E-state index contributed by atoms with van der Waals surface area (Å²) in [6.45, 7) is 1.56. The van der Waals surface area contributed by atoms with Crippen molar-refractivity contribution >= 4 is 5.91 Å². The summed E-state index contributed by atoms with van der Waals surface area (Å²) in [5.74, 6) is 0.0113. The molecule has 0 radical (unpaired) electrons. The molecule has 0 heterocycles. The molecule has 0 bridgehead atoms. The predicted octanol–water partition coefficient (Wildman–Crippen LogP) is 1.42. The zero-order valence-corrected chi connectivity index (χ0v) is 12.0. The highest BCUT2D eigenvalue weighted by Crippen LogP contribution is 2.29. The van der Waals surface area contributed by atoms with E-state index in [0.717, 1.165) is 13.0 Å². The van der Waals surface area contributed by atoms with Gasteiger partial charge >= 0.3 is 0 Å². The lowest BCUT2D eigenvalue weighted by Gasteiger charge is -2.19. The van der Waals surface area contributed by atoms with Crippen LogP contribution in [-0.4, -0.2) is 62.2 Å². The van der Waals surface area contributed by atoms with Crippen LogP contribution in [0.25, 0.3) is 0 Å². The van der Waals surface area contributed by atoms with Gasteiger partial charge in [-0.15, -0.1) is 0 Å². The zero-order chi connectivity index (χ0) is 14.4. The van der Waals surface area contributed by atoms with E-state index in [0.29, 0.717) is 12.3 Å². The Balaban J connectivity index is 2.71. The number of ether oxygens (including phenoxy) is 1. The number of methoxy groups -OCH3 is 1. The molecular weight excluding hydrogens is 244 g/mol. The summed E-state index contributed by atoms with van der Waals surface area (Å²) in [5, 5.41) is 9.94. The quantitative estimate of drug-likeness (QED) is 0.846. The third-order valence-corrected chi connectivity index (χ3v) is 2.89. The molecule has 0 aliphatic heterocycles. The number of nitrogens with zero attached hydrogens (tertiary/aromatic N) is 2. The standard InChI is InChI=1S/C14H22N2O3/c1-15(2)9-6-10-16(3)14(18)11-7-5-8-12(19-4)13(11)17/h5,7-8,17H,6,9-10H2,1-4H3. The molecule has 1 aromatic rings. The largest absolute Gasteiger partial charge is 0.504 e. The average molecular weight is 266 g/mol. The van der Waals surface area contributed by atoms with E-state index in [2.05, 4.69) is 4.90 Å². The Morgan fingerprint density at radius 1 is 1.26 bits per heavy atom. The first-order chi connectivity index (χ1) is 8.97. The number of amides is 1. The van der Waals surface area contributed by atoms with Gasteiger partial charge in [-0.1, -0.05) is 6.07 Å². The minimum absolute atomic E-state index is 0.102. The Bertz CT molecular complexity index is 433. The van der Waals surface area contributed by atoms with E-state index in [9.17, 15) is 9.90 Å². The Labute approximate surface area is 114 Å². The summed E-state index contributed by atoms with van der Waals surface area (Å²) < 4.78 is 5.00. The summed E-state index contributed by atoms with van der Waals surface area (Å²) in [7, 11) is 7.19. The second-order valence-electron chi connectivity index (χ2n) is 4.74. The number of phenolic OH excluding ortho intramolecular Hbond substituents is 1. The van der Waals surface area contributed by atoms with Crippen LogP contribution in [0.5, 0.6) is 11.5 Å². The average Bonchev–Trinajstić information content (AvgIpc) is 2.37. The van der Waals surface area contributed by atoms with E-state index < -0.39 is 0 Å². The van der Waals surface area contributed by atoms with Crippen LogP contribution < -0.4 is 4.74 Å². The second kappa shape index (κ2) is 6.99. The molecule has 0 fully saturated rings. The Kier molecular flexibility index (Phi) is 5.63. The van der Waals surface area contributed by atoms with Gasteiger partial charge in [-0.05, 0) is 39.2 Å². The Morgan fingerprint density at radius 3 is 2.53 bits per heavy atom. The molecule has 0 saturated heterocycles. The maximum Gasteiger partial charge on any atom is 0.257 e. The molecule has 0 spiro atoms. The maximum atomic E-state index is 12.2. The highest BCUT2D eigenvalue weighted by molar-refractivity contribution is 5.97. The van der Waals surface area contributed by atoms with Crippen LogP contribution in [0, 0.1) is 0 Å². The predicted molar refractivity (Wildman–Crippen MR) is 74.8 cm³/mol. The van der Waals surface area contributed by atoms with Crippen LogP contribution in [0.4, 0.5) is 0 Å². The van der Waals surface area contributed by atoms with Crippen molar-refractivity contribution in [3.05, 3.63) is 23.8 Å². The topological polar surface area (TPSA) is 53.0 Å². The summed E-state index contributed by atoms with van der Waals surface area (Å²) in [4.78, 5) is 15.9. The number of carbonyl (C=O) groups is 1. The molecule has 0 unspecified atom stereocenters. The van der Waals surface area contributed by atoms with Gasteiger partial charge in [0.1, 0.15) is 0 Å². The van der Waals surface area contributed by atoms with Crippen LogP contribution in [-0.2, 0) is 0 Å². The van der Waals surface area contributed by atoms with E-state index in [-0.39, 0.29) is 17.2 Å². The molecule has 1 amide bonds. The number of phenols is 1. The molecule has 5 heteroatoms. The molecular formula is C14H22N2O3. The number of benzene rings is 1. The van der Waals surface area contributed by atoms with Gasteiger partial charge in [0.25, 0.3) is 5.91 Å². The fourth-order valence-electron chi connectivity index (χ4n) is 1.79. The molecule has 19 heavy (non-hydrogen) atoms. The highest BCUT2D eigenvalue weighted by atomic mass is 16.5. The van der Waals surface area contributed by atoms with Gasteiger partial charge in [0.2, 0.25) is 0 Å². The fraction of sp³-hybridized carbons (Fsp3) is 0.500. The summed E-state index contributed by atoms with van der Waals surface area (Å²) in [6, 6.07) is 4.92. The van der Waals surface area contributed by atoms with Crippen LogP contribution >= 0.6 is 0 Å². The molecule has 106 valence electrons. The SMILES string of the molecule is COc1cccc(C(=O)N(C)CCCN(C)C)c1O. The van der Waals surface area contributed by atoms with Crippen molar-refractivity contribution in [2.24, 2.45) is 0 Å². The summed E-state index contributed by atoms with van der Waals surface area (Å²) in [6.07, 6.45) is 0.889. The lowest BCUT2D eigenvalue weighted by atomic mass is 10.1. The molecule has 1 aromatic carbocycles. The molecule has 0 atom stereocenters. The van der Waals surface area contributed by atoms with Crippen molar-refractivity contribution in [2.75, 3.05) is 41.3 Å². The third kappa shape index (κ3) is 4.13. The summed E-state index contributed by atoms with van der Waals surface area (Å²) >= 11 is 0. The monoisotopic (exact) mass is 266 g/mol. The lowest BCUT2D eigenvalue weighted by molar-refractivity contribution is 0.0787. The maximum absolute atomic E-state index is 12.2. The summed E-state index contributed by atoms with van der Waals surface area (Å²) in [5.41, 5.74) is 0.270. The number of aromatic hydroxyl groups is 1. The lowest BCUT2D eigenvalue weighted by Crippen LogP contribution is -2.29. The van der Waals surface area contributed by atoms with E-state index in [4.69, 9.17) is 4.74 Å². The minimum atomic E-state index is -0.199. The molecule has 5 nitrogen and oxygen atoms in total. The van der Waals surface area contributed by atoms with Crippen LogP contribution in [0.15, 0.2) is 18.2 Å². The van der Waals surface area contributed by atoms with Crippen LogP contribution in [0.3, 0.4) is 0 Å². The van der Waals surface area contributed by atoms with Crippen molar-refractivity contribution < 1.29 is 14.6 Å². The zero-order valence-electron chi connectivity index (χ0n) is 12.0. The van der Waals surface area contributed by atoms with Gasteiger partial charge in [0.05, 0.1) is 12.7 Å². The first-order valence-electron chi connectivity index (χ1n) is 6.23. The van der Waals surface area contributed by atoms with Crippen molar-refractivity contribution in [1.29, 1.82) is 0 Å². The highest BCUT2D eigenvalue weighted by Gasteiger charge is 2.18. The van der Waals surface area contributed by atoms with Gasteiger partial charge in [-0.2, -0.15) is 0 Å². The third-order valence-electron chi connectivity index (χ3n) is 2.89. The Morgan fingerprint density at radius 2 is 1.95 bits per heavy atom. The number of carbonyl (C=O) groups excluding carboxylic acids is 1. The smallest absolute Gasteiger partial charge is 0.257 e. The Hall–Kier alpha value is -1.75. The van der Waals surface area contributed by atoms with Gasteiger partial charge in [0.15, 0.2) is 11.5 Å². The number of hydrogen-bond acceptors (Lipinski definition) is 4. The molecule has 1 rings (SSSR count). The van der Waals surface area contributed by atoms with E-state index in [1.54, 1.807) is 30.1 Å². The number of hydrogen-bond donors (Lipinski definition) is 1. The van der Waals surface area contributed by atoms with E-state index in [1.807, 2.05) is 14.1 Å². The first-order valence-corrected chi connectivity index (χ1v) is 6.23. The van der Waals surface area contributed by atoms with Gasteiger partial charge in [-0.25, -0.2) is 0 Å². The normalized spacial score (nSPS) is 10.6. The number of rotatable bonds is 6. The van der Waals surface area contributed by atoms with Crippen molar-refractivity contribution in [2.45, 2.75) is 6.42 Å². The fourth-order valence-corrected chi connectivity index (χ4v) is 1.79. The van der Waals surface area contributed by atoms with Crippen molar-refractivity contribution in [3.63, 3.8) is 0 Å². The van der Waals surface area contributed by atoms with E-state index >= 15 is 0 Å². The second-order valence-corrected chi connectivity index (χ2v) is 4.74. The van der Waals surface area contributed by atoms with Gasteiger partial charge in [-0.3, -0.25) is 4.79 Å². The van der Waals surface area contributed by atoms with Gasteiger partial charge < -0.3 is 19.6 Å². The molecule has 0 saturated carbocycles. The molecule has 0 aliphatic carbocycles. The molecule has 0 aliphatic rings.